The third kappa shape index (κ3) is 6.71. The molecule has 0 aliphatic carbocycles. The smallest absolute Gasteiger partial charge is 0.408 e. The number of carbonyl (C=O) groups excluding carboxylic acids is 3. The van der Waals surface area contributed by atoms with Gasteiger partial charge < -0.3 is 19.7 Å². The number of nitrogens with one attached hydrogen (secondary N) is 1. The highest BCUT2D eigenvalue weighted by Crippen LogP contribution is 2.13. The van der Waals surface area contributed by atoms with Crippen LogP contribution in [-0.4, -0.2) is 54.2 Å². The number of carbonyl (C=O) groups is 3. The maximum absolute atomic E-state index is 12.5. The fourth-order valence-electron chi connectivity index (χ4n) is 2.15. The minimum Gasteiger partial charge on any atom is -0.465 e. The lowest BCUT2D eigenvalue weighted by Gasteiger charge is -2.26. The Morgan fingerprint density at radius 2 is 2.04 bits per heavy atom. The third-order valence-corrected chi connectivity index (χ3v) is 3.07. The van der Waals surface area contributed by atoms with Crippen LogP contribution in [0.5, 0.6) is 0 Å². The van der Waals surface area contributed by atoms with E-state index in [2.05, 4.69) is 5.32 Å². The van der Waals surface area contributed by atoms with E-state index in [1.807, 2.05) is 13.0 Å². The molecule has 1 N–H and O–H groups in total. The van der Waals surface area contributed by atoms with Crippen molar-refractivity contribution in [2.45, 2.75) is 52.7 Å². The summed E-state index contributed by atoms with van der Waals surface area (Å²) in [7, 11) is 0. The van der Waals surface area contributed by atoms with E-state index >= 15 is 0 Å². The minimum atomic E-state index is -0.753. The third-order valence-electron chi connectivity index (χ3n) is 3.07. The number of hydrogen-bond acceptors (Lipinski definition) is 5. The highest BCUT2D eigenvalue weighted by molar-refractivity contribution is 5.89. The van der Waals surface area contributed by atoms with Crippen LogP contribution >= 0.6 is 0 Å². The maximum atomic E-state index is 12.5. The molecule has 7 heteroatoms. The molecule has 23 heavy (non-hydrogen) atoms. The molecule has 0 bridgehead atoms. The summed E-state index contributed by atoms with van der Waals surface area (Å²) >= 11 is 0. The quantitative estimate of drug-likeness (QED) is 0.627. The van der Waals surface area contributed by atoms with Crippen LogP contribution in [0.2, 0.25) is 0 Å². The molecule has 1 aliphatic heterocycles. The fraction of sp³-hybridized carbons (Fsp3) is 0.688. The van der Waals surface area contributed by atoms with E-state index in [1.54, 1.807) is 27.7 Å². The van der Waals surface area contributed by atoms with Crippen LogP contribution < -0.4 is 5.32 Å². The lowest BCUT2D eigenvalue weighted by molar-refractivity contribution is -0.149. The Labute approximate surface area is 137 Å². The number of hydrogen-bond donors (Lipinski definition) is 1. The molecule has 1 aliphatic rings. The second-order valence-corrected chi connectivity index (χ2v) is 6.48. The Kier molecular flexibility index (Phi) is 6.60. The Morgan fingerprint density at radius 3 is 2.61 bits per heavy atom. The summed E-state index contributed by atoms with van der Waals surface area (Å²) in [6.45, 7) is 9.29. The van der Waals surface area contributed by atoms with Gasteiger partial charge in [-0.3, -0.25) is 9.59 Å². The fourth-order valence-corrected chi connectivity index (χ4v) is 2.15. The molecule has 1 unspecified atom stereocenters. The number of alkyl carbamates (subject to hydrolysis) is 1. The number of rotatable bonds is 4. The molecule has 0 aromatic heterocycles. The average Bonchev–Trinajstić information content (AvgIpc) is 2.51. The van der Waals surface area contributed by atoms with Crippen LogP contribution in [0.25, 0.3) is 0 Å². The van der Waals surface area contributed by atoms with Gasteiger partial charge in [0.1, 0.15) is 18.2 Å². The number of nitrogens with zero attached hydrogens (tertiary/aromatic N) is 1. The first kappa shape index (κ1) is 19.0. The van der Waals surface area contributed by atoms with E-state index in [-0.39, 0.29) is 19.1 Å². The molecule has 1 heterocycles. The zero-order valence-electron chi connectivity index (χ0n) is 14.5. The van der Waals surface area contributed by atoms with E-state index in [0.717, 1.165) is 5.57 Å². The van der Waals surface area contributed by atoms with E-state index in [4.69, 9.17) is 9.47 Å². The van der Waals surface area contributed by atoms with Gasteiger partial charge in [0.2, 0.25) is 5.91 Å². The van der Waals surface area contributed by atoms with Crippen molar-refractivity contribution in [3.05, 3.63) is 11.6 Å². The van der Waals surface area contributed by atoms with Gasteiger partial charge in [0.25, 0.3) is 0 Å². The molecule has 0 radical (unpaired) electrons. The summed E-state index contributed by atoms with van der Waals surface area (Å²) in [6, 6.07) is -0.753. The van der Waals surface area contributed by atoms with E-state index in [9.17, 15) is 14.4 Å². The van der Waals surface area contributed by atoms with Crippen molar-refractivity contribution in [1.29, 1.82) is 0 Å². The van der Waals surface area contributed by atoms with Gasteiger partial charge >= 0.3 is 12.1 Å². The molecule has 0 aromatic carbocycles. The van der Waals surface area contributed by atoms with Gasteiger partial charge in [-0.1, -0.05) is 11.6 Å². The van der Waals surface area contributed by atoms with Crippen molar-refractivity contribution in [3.63, 3.8) is 0 Å². The monoisotopic (exact) mass is 326 g/mol. The predicted molar refractivity (Wildman–Crippen MR) is 84.7 cm³/mol. The summed E-state index contributed by atoms with van der Waals surface area (Å²) in [5, 5.41) is 2.57. The molecule has 0 saturated heterocycles. The van der Waals surface area contributed by atoms with E-state index in [0.29, 0.717) is 13.0 Å². The molecule has 2 amide bonds. The van der Waals surface area contributed by atoms with Crippen molar-refractivity contribution in [2.75, 3.05) is 19.7 Å². The van der Waals surface area contributed by atoms with Gasteiger partial charge in [0, 0.05) is 6.54 Å². The first-order valence-corrected chi connectivity index (χ1v) is 7.72. The van der Waals surface area contributed by atoms with Crippen LogP contribution in [0.1, 0.15) is 41.0 Å². The summed E-state index contributed by atoms with van der Waals surface area (Å²) in [5.41, 5.74) is 0.310. The molecular formula is C16H26N2O5. The highest BCUT2D eigenvalue weighted by atomic mass is 16.6. The normalized spacial score (nSPS) is 18.8. The zero-order chi connectivity index (χ0) is 17.6. The summed E-state index contributed by atoms with van der Waals surface area (Å²) < 4.78 is 10.1. The van der Waals surface area contributed by atoms with E-state index < -0.39 is 23.7 Å². The highest BCUT2D eigenvalue weighted by Gasteiger charge is 2.30. The van der Waals surface area contributed by atoms with Gasteiger partial charge in [-0.2, -0.15) is 0 Å². The largest absolute Gasteiger partial charge is 0.465 e. The van der Waals surface area contributed by atoms with Gasteiger partial charge in [-0.25, -0.2) is 4.79 Å². The molecule has 0 fully saturated rings. The Balaban J connectivity index is 2.77. The molecule has 7 nitrogen and oxygen atoms in total. The van der Waals surface area contributed by atoms with Gasteiger partial charge in [-0.05, 0) is 41.0 Å². The van der Waals surface area contributed by atoms with Crippen molar-refractivity contribution < 1.29 is 23.9 Å². The van der Waals surface area contributed by atoms with Crippen LogP contribution in [-0.2, 0) is 19.1 Å². The van der Waals surface area contributed by atoms with Gasteiger partial charge in [-0.15, -0.1) is 0 Å². The van der Waals surface area contributed by atoms with Crippen molar-refractivity contribution in [1.82, 2.24) is 10.2 Å². The van der Waals surface area contributed by atoms with Crippen LogP contribution in [0.15, 0.2) is 11.6 Å². The molecule has 1 atom stereocenters. The first-order valence-electron chi connectivity index (χ1n) is 7.72. The Hall–Kier alpha value is -2.05. The summed E-state index contributed by atoms with van der Waals surface area (Å²) in [5.74, 6) is -0.788. The molecular weight excluding hydrogens is 300 g/mol. The Bertz CT molecular complexity index is 493. The van der Waals surface area contributed by atoms with Crippen LogP contribution in [0.4, 0.5) is 4.79 Å². The molecule has 130 valence electrons. The standard InChI is InChI=1S/C16H26N2O5/c1-6-22-13(19)10-18-9-11(2)7-8-12(14(18)20)17-15(21)23-16(3,4)5/h7,12H,6,8-10H2,1-5H3,(H,17,21). The number of esters is 1. The lowest BCUT2D eigenvalue weighted by atomic mass is 10.1. The maximum Gasteiger partial charge on any atom is 0.408 e. The van der Waals surface area contributed by atoms with Gasteiger partial charge in [0.15, 0.2) is 0 Å². The molecule has 0 saturated carbocycles. The SMILES string of the molecule is CCOC(=O)CN1CC(C)=CCC(NC(=O)OC(C)(C)C)C1=O. The average molecular weight is 326 g/mol. The molecule has 0 aromatic rings. The van der Waals surface area contributed by atoms with Crippen molar-refractivity contribution in [3.8, 4) is 0 Å². The number of amides is 2. The van der Waals surface area contributed by atoms with Crippen molar-refractivity contribution >= 4 is 18.0 Å². The second-order valence-electron chi connectivity index (χ2n) is 6.48. The Morgan fingerprint density at radius 1 is 1.39 bits per heavy atom. The van der Waals surface area contributed by atoms with Crippen LogP contribution in [0.3, 0.4) is 0 Å². The molecule has 0 spiro atoms. The first-order chi connectivity index (χ1) is 10.6. The minimum absolute atomic E-state index is 0.135. The molecule has 1 rings (SSSR count). The van der Waals surface area contributed by atoms with Gasteiger partial charge in [0.05, 0.1) is 6.61 Å². The summed E-state index contributed by atoms with van der Waals surface area (Å²) in [6.07, 6.45) is 1.59. The lowest BCUT2D eigenvalue weighted by Crippen LogP contribution is -2.50. The van der Waals surface area contributed by atoms with E-state index in [1.165, 1.54) is 4.90 Å². The van der Waals surface area contributed by atoms with Crippen LogP contribution in [0, 0.1) is 0 Å². The second kappa shape index (κ2) is 7.99. The predicted octanol–water partition coefficient (Wildman–Crippen LogP) is 1.62. The zero-order valence-corrected chi connectivity index (χ0v) is 14.5. The number of ether oxygens (including phenoxy) is 2. The topological polar surface area (TPSA) is 84.9 Å². The van der Waals surface area contributed by atoms with Crippen molar-refractivity contribution in [2.24, 2.45) is 0 Å². The summed E-state index contributed by atoms with van der Waals surface area (Å²) in [4.78, 5) is 37.5.